The Hall–Kier alpha value is -0.0400. The zero-order valence-electron chi connectivity index (χ0n) is 7.90. The summed E-state index contributed by atoms with van der Waals surface area (Å²) in [6.45, 7) is 5.73. The SMILES string of the molecule is CCNC1CCCCCC1C. The van der Waals surface area contributed by atoms with Gasteiger partial charge in [-0.2, -0.15) is 0 Å². The van der Waals surface area contributed by atoms with Crippen molar-refractivity contribution in [1.29, 1.82) is 0 Å². The van der Waals surface area contributed by atoms with Gasteiger partial charge in [0.1, 0.15) is 0 Å². The van der Waals surface area contributed by atoms with Crippen molar-refractivity contribution >= 4 is 0 Å². The van der Waals surface area contributed by atoms with E-state index in [1.807, 2.05) is 0 Å². The van der Waals surface area contributed by atoms with Gasteiger partial charge in [0.2, 0.25) is 0 Å². The Morgan fingerprint density at radius 2 is 1.91 bits per heavy atom. The summed E-state index contributed by atoms with van der Waals surface area (Å²) >= 11 is 0. The van der Waals surface area contributed by atoms with Crippen LogP contribution in [0.4, 0.5) is 0 Å². The zero-order chi connectivity index (χ0) is 8.10. The first-order valence-electron chi connectivity index (χ1n) is 5.08. The van der Waals surface area contributed by atoms with Crippen LogP contribution < -0.4 is 5.32 Å². The van der Waals surface area contributed by atoms with Crippen molar-refractivity contribution in [2.75, 3.05) is 6.54 Å². The second kappa shape index (κ2) is 4.76. The maximum Gasteiger partial charge on any atom is 0.00925 e. The van der Waals surface area contributed by atoms with Gasteiger partial charge in [-0.1, -0.05) is 33.1 Å². The Morgan fingerprint density at radius 3 is 2.64 bits per heavy atom. The fourth-order valence-corrected chi connectivity index (χ4v) is 2.06. The van der Waals surface area contributed by atoms with Gasteiger partial charge in [0.25, 0.3) is 0 Å². The number of nitrogens with one attached hydrogen (secondary N) is 1. The fraction of sp³-hybridized carbons (Fsp3) is 1.00. The van der Waals surface area contributed by atoms with Gasteiger partial charge in [-0.25, -0.2) is 0 Å². The summed E-state index contributed by atoms with van der Waals surface area (Å²) in [5, 5.41) is 3.57. The Morgan fingerprint density at radius 1 is 1.18 bits per heavy atom. The normalized spacial score (nSPS) is 33.3. The third-order valence-corrected chi connectivity index (χ3v) is 2.83. The second-order valence-corrected chi connectivity index (χ2v) is 3.78. The summed E-state index contributed by atoms with van der Waals surface area (Å²) < 4.78 is 0. The van der Waals surface area contributed by atoms with Gasteiger partial charge in [0.15, 0.2) is 0 Å². The minimum absolute atomic E-state index is 0.808. The lowest BCUT2D eigenvalue weighted by Crippen LogP contribution is -2.33. The van der Waals surface area contributed by atoms with Gasteiger partial charge >= 0.3 is 0 Å². The molecule has 0 aromatic rings. The molecule has 1 aliphatic rings. The minimum Gasteiger partial charge on any atom is -0.314 e. The quantitative estimate of drug-likeness (QED) is 0.604. The Kier molecular flexibility index (Phi) is 3.92. The van der Waals surface area contributed by atoms with Crippen LogP contribution in [0.3, 0.4) is 0 Å². The van der Waals surface area contributed by atoms with Crippen molar-refractivity contribution in [3.05, 3.63) is 0 Å². The molecule has 0 aromatic heterocycles. The van der Waals surface area contributed by atoms with E-state index < -0.39 is 0 Å². The predicted molar refractivity (Wildman–Crippen MR) is 49.7 cm³/mol. The van der Waals surface area contributed by atoms with Crippen LogP contribution >= 0.6 is 0 Å². The molecule has 66 valence electrons. The standard InChI is InChI=1S/C10H21N/c1-3-11-10-8-6-4-5-7-9(10)2/h9-11H,3-8H2,1-2H3. The highest BCUT2D eigenvalue weighted by Crippen LogP contribution is 2.22. The van der Waals surface area contributed by atoms with Crippen molar-refractivity contribution < 1.29 is 0 Å². The third kappa shape index (κ3) is 2.82. The maximum absolute atomic E-state index is 3.57. The molecule has 0 aliphatic heterocycles. The molecule has 1 rings (SSSR count). The van der Waals surface area contributed by atoms with Gasteiger partial charge < -0.3 is 5.32 Å². The molecule has 1 nitrogen and oxygen atoms in total. The number of rotatable bonds is 2. The van der Waals surface area contributed by atoms with E-state index in [2.05, 4.69) is 19.2 Å². The first kappa shape index (κ1) is 9.05. The average Bonchev–Trinajstić information content (AvgIpc) is 2.18. The van der Waals surface area contributed by atoms with Crippen LogP contribution in [0.25, 0.3) is 0 Å². The minimum atomic E-state index is 0.808. The maximum atomic E-state index is 3.57. The van der Waals surface area contributed by atoms with E-state index in [4.69, 9.17) is 0 Å². The molecular weight excluding hydrogens is 134 g/mol. The van der Waals surface area contributed by atoms with Crippen molar-refractivity contribution in [3.63, 3.8) is 0 Å². The average molecular weight is 155 g/mol. The van der Waals surface area contributed by atoms with Gasteiger partial charge in [0, 0.05) is 6.04 Å². The van der Waals surface area contributed by atoms with Crippen LogP contribution in [0.5, 0.6) is 0 Å². The Labute approximate surface area is 70.6 Å². The molecule has 0 bridgehead atoms. The van der Waals surface area contributed by atoms with E-state index in [-0.39, 0.29) is 0 Å². The van der Waals surface area contributed by atoms with Crippen molar-refractivity contribution in [3.8, 4) is 0 Å². The summed E-state index contributed by atoms with van der Waals surface area (Å²) in [4.78, 5) is 0. The van der Waals surface area contributed by atoms with E-state index in [1.165, 1.54) is 32.1 Å². The Balaban J connectivity index is 2.32. The number of hydrogen-bond acceptors (Lipinski definition) is 1. The largest absolute Gasteiger partial charge is 0.314 e. The molecule has 0 aromatic carbocycles. The zero-order valence-corrected chi connectivity index (χ0v) is 7.90. The van der Waals surface area contributed by atoms with Crippen LogP contribution in [0, 0.1) is 5.92 Å². The summed E-state index contributed by atoms with van der Waals surface area (Å²) in [6, 6.07) is 0.808. The first-order valence-corrected chi connectivity index (χ1v) is 5.08. The molecular formula is C10H21N. The van der Waals surface area contributed by atoms with E-state index in [9.17, 15) is 0 Å². The molecule has 1 heteroatoms. The fourth-order valence-electron chi connectivity index (χ4n) is 2.06. The van der Waals surface area contributed by atoms with Crippen LogP contribution in [-0.2, 0) is 0 Å². The molecule has 2 atom stereocenters. The molecule has 1 fully saturated rings. The molecule has 1 aliphatic carbocycles. The van der Waals surface area contributed by atoms with Crippen LogP contribution in [-0.4, -0.2) is 12.6 Å². The monoisotopic (exact) mass is 155 g/mol. The highest BCUT2D eigenvalue weighted by Gasteiger charge is 2.17. The number of hydrogen-bond donors (Lipinski definition) is 1. The summed E-state index contributed by atoms with van der Waals surface area (Å²) in [5.41, 5.74) is 0. The van der Waals surface area contributed by atoms with Crippen LogP contribution in [0.2, 0.25) is 0 Å². The van der Waals surface area contributed by atoms with E-state index in [0.29, 0.717) is 0 Å². The highest BCUT2D eigenvalue weighted by molar-refractivity contribution is 4.75. The first-order chi connectivity index (χ1) is 5.34. The molecule has 0 spiro atoms. The lowest BCUT2D eigenvalue weighted by Gasteiger charge is -2.21. The lowest BCUT2D eigenvalue weighted by molar-refractivity contribution is 0.364. The summed E-state index contributed by atoms with van der Waals surface area (Å²) in [7, 11) is 0. The van der Waals surface area contributed by atoms with Crippen LogP contribution in [0.15, 0.2) is 0 Å². The second-order valence-electron chi connectivity index (χ2n) is 3.78. The highest BCUT2D eigenvalue weighted by atomic mass is 14.9. The summed E-state index contributed by atoms with van der Waals surface area (Å²) in [6.07, 6.45) is 7.16. The molecule has 0 saturated heterocycles. The topological polar surface area (TPSA) is 12.0 Å². The lowest BCUT2D eigenvalue weighted by atomic mass is 9.97. The molecule has 1 N–H and O–H groups in total. The molecule has 0 radical (unpaired) electrons. The predicted octanol–water partition coefficient (Wildman–Crippen LogP) is 2.56. The smallest absolute Gasteiger partial charge is 0.00925 e. The van der Waals surface area contributed by atoms with Crippen molar-refractivity contribution in [2.24, 2.45) is 5.92 Å². The van der Waals surface area contributed by atoms with E-state index in [1.54, 1.807) is 0 Å². The third-order valence-electron chi connectivity index (χ3n) is 2.83. The summed E-state index contributed by atoms with van der Waals surface area (Å²) in [5.74, 6) is 0.900. The van der Waals surface area contributed by atoms with Crippen molar-refractivity contribution in [1.82, 2.24) is 5.32 Å². The molecule has 1 saturated carbocycles. The van der Waals surface area contributed by atoms with Gasteiger partial charge in [-0.05, 0) is 25.3 Å². The van der Waals surface area contributed by atoms with Gasteiger partial charge in [0.05, 0.1) is 0 Å². The van der Waals surface area contributed by atoms with E-state index >= 15 is 0 Å². The van der Waals surface area contributed by atoms with Crippen LogP contribution in [0.1, 0.15) is 46.0 Å². The van der Waals surface area contributed by atoms with E-state index in [0.717, 1.165) is 18.5 Å². The van der Waals surface area contributed by atoms with Gasteiger partial charge in [-0.15, -0.1) is 0 Å². The molecule has 0 heterocycles. The molecule has 2 unspecified atom stereocenters. The Bertz CT molecular complexity index is 101. The van der Waals surface area contributed by atoms with Crippen molar-refractivity contribution in [2.45, 2.75) is 52.0 Å². The molecule has 11 heavy (non-hydrogen) atoms. The molecule has 0 amide bonds. The van der Waals surface area contributed by atoms with Gasteiger partial charge in [-0.3, -0.25) is 0 Å².